The minimum absolute atomic E-state index is 0.0672. The molecule has 5 rings (SSSR count). The quantitative estimate of drug-likeness (QED) is 0.554. The average Bonchev–Trinajstić information content (AvgIpc) is 3.57. The second kappa shape index (κ2) is 9.10. The van der Waals surface area contributed by atoms with Crippen LogP contribution in [0, 0.1) is 11.7 Å². The number of aromatic nitrogens is 2. The highest BCUT2D eigenvalue weighted by atomic mass is 35.5. The SMILES string of the molecule is Cn1nc(N(CC(=O)NCC2CC2)C(=O)Cc2cccc(F)c2)c2c1-c1cc(Cl)ccc1OC2. The Labute approximate surface area is 201 Å². The van der Waals surface area contributed by atoms with E-state index in [9.17, 15) is 14.0 Å². The van der Waals surface area contributed by atoms with Crippen molar-refractivity contribution in [3.63, 3.8) is 0 Å². The van der Waals surface area contributed by atoms with Gasteiger partial charge in [0.25, 0.3) is 0 Å². The van der Waals surface area contributed by atoms with Crippen LogP contribution < -0.4 is 15.0 Å². The highest BCUT2D eigenvalue weighted by molar-refractivity contribution is 6.31. The van der Waals surface area contributed by atoms with Gasteiger partial charge in [-0.25, -0.2) is 4.39 Å². The van der Waals surface area contributed by atoms with Crippen molar-refractivity contribution in [2.24, 2.45) is 13.0 Å². The van der Waals surface area contributed by atoms with Gasteiger partial charge in [-0.3, -0.25) is 19.2 Å². The first kappa shape index (κ1) is 22.4. The fourth-order valence-corrected chi connectivity index (χ4v) is 4.35. The van der Waals surface area contributed by atoms with Crippen molar-refractivity contribution < 1.29 is 18.7 Å². The Bertz CT molecular complexity index is 1270. The Morgan fingerprint density at radius 3 is 2.85 bits per heavy atom. The topological polar surface area (TPSA) is 76.5 Å². The van der Waals surface area contributed by atoms with Gasteiger partial charge in [0.05, 0.1) is 17.7 Å². The Balaban J connectivity index is 1.49. The van der Waals surface area contributed by atoms with Gasteiger partial charge < -0.3 is 10.1 Å². The number of benzene rings is 2. The fraction of sp³-hybridized carbons (Fsp3) is 0.320. The number of aryl methyl sites for hydroxylation is 1. The van der Waals surface area contributed by atoms with Crippen LogP contribution in [0.5, 0.6) is 5.75 Å². The Morgan fingerprint density at radius 1 is 1.26 bits per heavy atom. The second-order valence-electron chi connectivity index (χ2n) is 8.74. The van der Waals surface area contributed by atoms with Crippen LogP contribution in [-0.4, -0.2) is 34.7 Å². The molecule has 0 radical (unpaired) electrons. The van der Waals surface area contributed by atoms with E-state index in [1.165, 1.54) is 17.0 Å². The maximum atomic E-state index is 13.7. The third-order valence-electron chi connectivity index (χ3n) is 6.08. The molecule has 1 saturated carbocycles. The van der Waals surface area contributed by atoms with Gasteiger partial charge in [0.1, 0.15) is 24.7 Å². The van der Waals surface area contributed by atoms with Crippen molar-refractivity contribution in [3.8, 4) is 17.0 Å². The molecule has 7 nitrogen and oxygen atoms in total. The number of carbonyl (C=O) groups is 2. The molecule has 2 aliphatic rings. The van der Waals surface area contributed by atoms with Crippen LogP contribution in [0.3, 0.4) is 0 Å². The van der Waals surface area contributed by atoms with Gasteiger partial charge in [0, 0.05) is 24.2 Å². The first-order valence-electron chi connectivity index (χ1n) is 11.2. The van der Waals surface area contributed by atoms with Gasteiger partial charge in [0.15, 0.2) is 5.82 Å². The normalized spacial score (nSPS) is 14.1. The molecule has 0 spiro atoms. The molecule has 176 valence electrons. The summed E-state index contributed by atoms with van der Waals surface area (Å²) in [5.41, 5.74) is 2.76. The van der Waals surface area contributed by atoms with Crippen molar-refractivity contribution in [2.75, 3.05) is 18.0 Å². The lowest BCUT2D eigenvalue weighted by molar-refractivity contribution is -0.123. The minimum atomic E-state index is -0.420. The van der Waals surface area contributed by atoms with Crippen LogP contribution >= 0.6 is 11.6 Å². The Hall–Kier alpha value is -3.39. The molecule has 1 aliphatic heterocycles. The van der Waals surface area contributed by atoms with Crippen LogP contribution in [0.1, 0.15) is 24.0 Å². The number of nitrogens with one attached hydrogen (secondary N) is 1. The first-order chi connectivity index (χ1) is 16.4. The van der Waals surface area contributed by atoms with Gasteiger partial charge >= 0.3 is 0 Å². The van der Waals surface area contributed by atoms with Crippen LogP contribution in [0.25, 0.3) is 11.3 Å². The Kier molecular flexibility index (Phi) is 6.00. The number of hydrogen-bond acceptors (Lipinski definition) is 4. The van der Waals surface area contributed by atoms with Crippen molar-refractivity contribution in [3.05, 3.63) is 64.4 Å². The van der Waals surface area contributed by atoms with Gasteiger partial charge in [-0.2, -0.15) is 5.10 Å². The minimum Gasteiger partial charge on any atom is -0.488 e. The van der Waals surface area contributed by atoms with E-state index in [1.807, 2.05) is 0 Å². The molecule has 2 heterocycles. The van der Waals surface area contributed by atoms with E-state index in [1.54, 1.807) is 42.1 Å². The molecule has 3 aromatic rings. The van der Waals surface area contributed by atoms with E-state index in [-0.39, 0.29) is 31.4 Å². The number of ether oxygens (including phenoxy) is 1. The van der Waals surface area contributed by atoms with E-state index in [4.69, 9.17) is 16.3 Å². The standard InChI is InChI=1S/C25H24ClFN4O3/c1-30-24-19-11-17(26)7-8-21(19)34-14-20(24)25(29-30)31(13-22(32)28-12-15-5-6-15)23(33)10-16-3-2-4-18(27)9-16/h2-4,7-9,11,15H,5-6,10,12-14H2,1H3,(H,28,32). The lowest BCUT2D eigenvalue weighted by Gasteiger charge is -2.24. The molecule has 2 amide bonds. The van der Waals surface area contributed by atoms with E-state index in [0.717, 1.165) is 24.1 Å². The third kappa shape index (κ3) is 4.63. The van der Waals surface area contributed by atoms with E-state index in [0.29, 0.717) is 40.2 Å². The highest BCUT2D eigenvalue weighted by Gasteiger charge is 2.32. The molecule has 0 unspecified atom stereocenters. The highest BCUT2D eigenvalue weighted by Crippen LogP contribution is 2.42. The van der Waals surface area contributed by atoms with Gasteiger partial charge in [-0.1, -0.05) is 23.7 Å². The maximum absolute atomic E-state index is 13.7. The van der Waals surface area contributed by atoms with E-state index >= 15 is 0 Å². The number of nitrogens with zero attached hydrogens (tertiary/aromatic N) is 3. The smallest absolute Gasteiger partial charge is 0.240 e. The Morgan fingerprint density at radius 2 is 2.09 bits per heavy atom. The maximum Gasteiger partial charge on any atom is 0.240 e. The van der Waals surface area contributed by atoms with Crippen molar-refractivity contribution >= 4 is 29.2 Å². The summed E-state index contributed by atoms with van der Waals surface area (Å²) >= 11 is 6.22. The summed E-state index contributed by atoms with van der Waals surface area (Å²) in [6, 6.07) is 11.2. The molecule has 1 aromatic heterocycles. The summed E-state index contributed by atoms with van der Waals surface area (Å²) in [5, 5.41) is 8.07. The number of anilines is 1. The third-order valence-corrected chi connectivity index (χ3v) is 6.32. The van der Waals surface area contributed by atoms with Gasteiger partial charge in [-0.05, 0) is 54.7 Å². The number of carbonyl (C=O) groups excluding carboxylic acids is 2. The molecule has 0 bridgehead atoms. The summed E-state index contributed by atoms with van der Waals surface area (Å²) < 4.78 is 21.3. The van der Waals surface area contributed by atoms with Gasteiger partial charge in [0.2, 0.25) is 11.8 Å². The van der Waals surface area contributed by atoms with Crippen LogP contribution in [0.2, 0.25) is 5.02 Å². The molecule has 1 aliphatic carbocycles. The molecular weight excluding hydrogens is 459 g/mol. The molecule has 1 fully saturated rings. The largest absolute Gasteiger partial charge is 0.488 e. The predicted octanol–water partition coefficient (Wildman–Crippen LogP) is 3.87. The molecule has 1 N–H and O–H groups in total. The van der Waals surface area contributed by atoms with Crippen LogP contribution in [-0.2, 0) is 29.7 Å². The molecule has 34 heavy (non-hydrogen) atoms. The molecule has 2 aromatic carbocycles. The second-order valence-corrected chi connectivity index (χ2v) is 9.17. The van der Waals surface area contributed by atoms with Gasteiger partial charge in [-0.15, -0.1) is 0 Å². The first-order valence-corrected chi connectivity index (χ1v) is 11.6. The molecule has 0 saturated heterocycles. The van der Waals surface area contributed by atoms with Crippen molar-refractivity contribution in [2.45, 2.75) is 25.9 Å². The number of fused-ring (bicyclic) bond motifs is 3. The molecule has 0 atom stereocenters. The molecule has 9 heteroatoms. The number of halogens is 2. The summed E-state index contributed by atoms with van der Waals surface area (Å²) in [5.74, 6) is 0.496. The van der Waals surface area contributed by atoms with Crippen molar-refractivity contribution in [1.29, 1.82) is 0 Å². The summed E-state index contributed by atoms with van der Waals surface area (Å²) in [7, 11) is 1.78. The van der Waals surface area contributed by atoms with Crippen LogP contribution in [0.15, 0.2) is 42.5 Å². The number of hydrogen-bond donors (Lipinski definition) is 1. The van der Waals surface area contributed by atoms with Crippen LogP contribution in [0.4, 0.5) is 10.2 Å². The van der Waals surface area contributed by atoms with E-state index in [2.05, 4.69) is 10.4 Å². The number of rotatable bonds is 7. The zero-order chi connectivity index (χ0) is 23.8. The summed E-state index contributed by atoms with van der Waals surface area (Å²) in [6.07, 6.45) is 2.15. The lowest BCUT2D eigenvalue weighted by Crippen LogP contribution is -2.42. The number of amides is 2. The fourth-order valence-electron chi connectivity index (χ4n) is 4.18. The van der Waals surface area contributed by atoms with Crippen molar-refractivity contribution in [1.82, 2.24) is 15.1 Å². The summed E-state index contributed by atoms with van der Waals surface area (Å²) in [6.45, 7) is 0.605. The monoisotopic (exact) mass is 482 g/mol. The zero-order valence-corrected chi connectivity index (χ0v) is 19.4. The lowest BCUT2D eigenvalue weighted by atomic mass is 10.0. The zero-order valence-electron chi connectivity index (χ0n) is 18.7. The molecular formula is C25H24ClFN4O3. The average molecular weight is 483 g/mol. The summed E-state index contributed by atoms with van der Waals surface area (Å²) in [4.78, 5) is 27.5. The predicted molar refractivity (Wildman–Crippen MR) is 126 cm³/mol. The van der Waals surface area contributed by atoms with E-state index < -0.39 is 5.82 Å².